The van der Waals surface area contributed by atoms with Gasteiger partial charge in [-0.1, -0.05) is 67.4 Å². The van der Waals surface area contributed by atoms with Crippen molar-refractivity contribution in [2.75, 3.05) is 30.6 Å². The quantitative estimate of drug-likeness (QED) is 0.163. The van der Waals surface area contributed by atoms with Crippen molar-refractivity contribution in [1.29, 1.82) is 0 Å². The predicted octanol–water partition coefficient (Wildman–Crippen LogP) is 6.00. The van der Waals surface area contributed by atoms with E-state index in [2.05, 4.69) is 5.32 Å². The van der Waals surface area contributed by atoms with Crippen LogP contribution in [0.2, 0.25) is 5.02 Å². The highest BCUT2D eigenvalue weighted by molar-refractivity contribution is 7.92. The van der Waals surface area contributed by atoms with E-state index in [9.17, 15) is 22.4 Å². The molecule has 252 valence electrons. The zero-order valence-electron chi connectivity index (χ0n) is 26.5. The normalized spacial score (nSPS) is 13.0. The lowest BCUT2D eigenvalue weighted by atomic mass is 10.0. The summed E-state index contributed by atoms with van der Waals surface area (Å²) in [6.45, 7) is 2.33. The molecule has 1 N–H and O–H groups in total. The van der Waals surface area contributed by atoms with Gasteiger partial charge in [0.05, 0.1) is 10.6 Å². The summed E-state index contributed by atoms with van der Waals surface area (Å²) in [6.07, 6.45) is 1.80. The topological polar surface area (TPSA) is 105 Å². The standard InChI is InChI=1S/C36H37ClFN3O6S/c1-2-3-19-39-36(43)32(22-26-7-5-4-6-8-26)40(24-27-9-11-28(37)12-10-27)35(42)25-41(30-15-13-29(38)14-16-30)48(44,45)31-17-18-33-34(23-31)47-21-20-46-33/h4-18,23,32H,2-3,19-22,24-25H2,1H3,(H,39,43). The number of benzene rings is 4. The molecule has 0 aliphatic carbocycles. The molecule has 1 aliphatic heterocycles. The highest BCUT2D eigenvalue weighted by atomic mass is 35.5. The maximum atomic E-state index is 14.5. The molecular formula is C36H37ClFN3O6S. The van der Waals surface area contributed by atoms with Gasteiger partial charge in [-0.05, 0) is 66.1 Å². The van der Waals surface area contributed by atoms with Crippen molar-refractivity contribution in [1.82, 2.24) is 10.2 Å². The molecule has 0 saturated heterocycles. The van der Waals surface area contributed by atoms with E-state index in [0.29, 0.717) is 29.5 Å². The lowest BCUT2D eigenvalue weighted by Gasteiger charge is -2.34. The first-order chi connectivity index (χ1) is 23.2. The fraction of sp³-hybridized carbons (Fsp3) is 0.278. The van der Waals surface area contributed by atoms with Gasteiger partial charge in [0, 0.05) is 30.6 Å². The summed E-state index contributed by atoms with van der Waals surface area (Å²) in [5, 5.41) is 3.46. The van der Waals surface area contributed by atoms with Crippen LogP contribution in [-0.2, 0) is 32.6 Å². The van der Waals surface area contributed by atoms with Crippen LogP contribution in [0.3, 0.4) is 0 Å². The van der Waals surface area contributed by atoms with Crippen LogP contribution in [0.1, 0.15) is 30.9 Å². The summed E-state index contributed by atoms with van der Waals surface area (Å²) in [5.74, 6) is -0.919. The Bertz CT molecular complexity index is 1810. The summed E-state index contributed by atoms with van der Waals surface area (Å²) >= 11 is 6.14. The molecule has 12 heteroatoms. The van der Waals surface area contributed by atoms with Gasteiger partial charge in [-0.25, -0.2) is 12.8 Å². The molecular weight excluding hydrogens is 657 g/mol. The number of unbranched alkanes of at least 4 members (excludes halogenated alkanes) is 1. The minimum absolute atomic E-state index is 0.00394. The Hall–Kier alpha value is -4.61. The summed E-state index contributed by atoms with van der Waals surface area (Å²) in [7, 11) is -4.42. The van der Waals surface area contributed by atoms with Gasteiger partial charge in [0.1, 0.15) is 31.6 Å². The van der Waals surface area contributed by atoms with Crippen molar-refractivity contribution in [3.05, 3.63) is 119 Å². The van der Waals surface area contributed by atoms with Crippen molar-refractivity contribution >= 4 is 39.1 Å². The van der Waals surface area contributed by atoms with E-state index in [4.69, 9.17) is 21.1 Å². The fourth-order valence-electron chi connectivity index (χ4n) is 5.29. The van der Waals surface area contributed by atoms with Gasteiger partial charge in [-0.2, -0.15) is 0 Å². The average molecular weight is 694 g/mol. The second-order valence-electron chi connectivity index (χ2n) is 11.3. The lowest BCUT2D eigenvalue weighted by molar-refractivity contribution is -0.140. The average Bonchev–Trinajstić information content (AvgIpc) is 3.10. The van der Waals surface area contributed by atoms with Crippen LogP contribution in [0, 0.1) is 5.82 Å². The SMILES string of the molecule is CCCCNC(=O)C(Cc1ccccc1)N(Cc1ccc(Cl)cc1)C(=O)CN(c1ccc(F)cc1)S(=O)(=O)c1ccc2c(c1)OCCO2. The van der Waals surface area contributed by atoms with Crippen LogP contribution in [-0.4, -0.2) is 57.5 Å². The molecule has 1 unspecified atom stereocenters. The minimum atomic E-state index is -4.42. The van der Waals surface area contributed by atoms with Crippen molar-refractivity contribution in [2.24, 2.45) is 0 Å². The first-order valence-corrected chi connectivity index (χ1v) is 17.5. The van der Waals surface area contributed by atoms with E-state index in [1.807, 2.05) is 37.3 Å². The van der Waals surface area contributed by atoms with E-state index in [1.165, 1.54) is 35.2 Å². The van der Waals surface area contributed by atoms with Crippen molar-refractivity contribution in [3.8, 4) is 11.5 Å². The van der Waals surface area contributed by atoms with Crippen molar-refractivity contribution in [3.63, 3.8) is 0 Å². The maximum Gasteiger partial charge on any atom is 0.264 e. The number of hydrogen-bond donors (Lipinski definition) is 1. The third-order valence-electron chi connectivity index (χ3n) is 7.86. The molecule has 1 heterocycles. The summed E-state index contributed by atoms with van der Waals surface area (Å²) in [5.41, 5.74) is 1.58. The molecule has 2 amide bonds. The number of carbonyl (C=O) groups is 2. The Morgan fingerprint density at radius 3 is 2.27 bits per heavy atom. The van der Waals surface area contributed by atoms with E-state index < -0.39 is 34.3 Å². The molecule has 0 bridgehead atoms. The van der Waals surface area contributed by atoms with Gasteiger partial charge in [0.25, 0.3) is 10.0 Å². The first-order valence-electron chi connectivity index (χ1n) is 15.7. The third kappa shape index (κ3) is 8.64. The molecule has 9 nitrogen and oxygen atoms in total. The molecule has 4 aromatic carbocycles. The van der Waals surface area contributed by atoms with Crippen LogP contribution in [0.25, 0.3) is 0 Å². The molecule has 0 aromatic heterocycles. The number of rotatable bonds is 14. The monoisotopic (exact) mass is 693 g/mol. The van der Waals surface area contributed by atoms with Crippen molar-refractivity contribution < 1.29 is 31.9 Å². The van der Waals surface area contributed by atoms with Crippen molar-refractivity contribution in [2.45, 2.75) is 43.7 Å². The molecule has 1 atom stereocenters. The Morgan fingerprint density at radius 1 is 0.896 bits per heavy atom. The molecule has 0 fully saturated rings. The maximum absolute atomic E-state index is 14.5. The molecule has 1 aliphatic rings. The molecule has 0 spiro atoms. The van der Waals surface area contributed by atoms with Crippen LogP contribution in [0.4, 0.5) is 10.1 Å². The highest BCUT2D eigenvalue weighted by Crippen LogP contribution is 2.34. The smallest absolute Gasteiger partial charge is 0.264 e. The summed E-state index contributed by atoms with van der Waals surface area (Å²) < 4.78 is 54.7. The van der Waals surface area contributed by atoms with E-state index >= 15 is 0 Å². The highest BCUT2D eigenvalue weighted by Gasteiger charge is 2.35. The molecule has 48 heavy (non-hydrogen) atoms. The Morgan fingerprint density at radius 2 is 1.58 bits per heavy atom. The van der Waals surface area contributed by atoms with Crippen LogP contribution in [0.15, 0.2) is 102 Å². The van der Waals surface area contributed by atoms with Crippen LogP contribution >= 0.6 is 11.6 Å². The summed E-state index contributed by atoms with van der Waals surface area (Å²) in [6, 6.07) is 24.2. The number of hydrogen-bond acceptors (Lipinski definition) is 6. The zero-order valence-corrected chi connectivity index (χ0v) is 28.1. The largest absolute Gasteiger partial charge is 0.486 e. The van der Waals surface area contributed by atoms with Crippen LogP contribution in [0.5, 0.6) is 11.5 Å². The van der Waals surface area contributed by atoms with Gasteiger partial charge in [0.2, 0.25) is 11.8 Å². The first kappa shape index (κ1) is 34.7. The number of halogens is 2. The number of sulfonamides is 1. The third-order valence-corrected chi connectivity index (χ3v) is 9.88. The fourth-order valence-corrected chi connectivity index (χ4v) is 6.85. The van der Waals surface area contributed by atoms with Gasteiger partial charge in [0.15, 0.2) is 11.5 Å². The number of anilines is 1. The molecule has 4 aromatic rings. The van der Waals surface area contributed by atoms with Crippen LogP contribution < -0.4 is 19.1 Å². The molecule has 5 rings (SSSR count). The second-order valence-corrected chi connectivity index (χ2v) is 13.6. The Balaban J connectivity index is 1.56. The van der Waals surface area contributed by atoms with E-state index in [1.54, 1.807) is 24.3 Å². The zero-order chi connectivity index (χ0) is 34.1. The van der Waals surface area contributed by atoms with E-state index in [-0.39, 0.29) is 41.8 Å². The Kier molecular flexibility index (Phi) is 11.6. The van der Waals surface area contributed by atoms with Gasteiger partial charge in [-0.15, -0.1) is 0 Å². The predicted molar refractivity (Wildman–Crippen MR) is 182 cm³/mol. The Labute approximate surface area is 285 Å². The van der Waals surface area contributed by atoms with Gasteiger partial charge < -0.3 is 19.7 Å². The van der Waals surface area contributed by atoms with E-state index in [0.717, 1.165) is 34.8 Å². The number of carbonyl (C=O) groups excluding carboxylic acids is 2. The number of fused-ring (bicyclic) bond motifs is 1. The summed E-state index contributed by atoms with van der Waals surface area (Å²) in [4.78, 5) is 29.6. The molecule has 0 saturated carbocycles. The number of ether oxygens (including phenoxy) is 2. The van der Waals surface area contributed by atoms with Gasteiger partial charge >= 0.3 is 0 Å². The lowest BCUT2D eigenvalue weighted by Crippen LogP contribution is -2.53. The number of nitrogens with one attached hydrogen (secondary N) is 1. The second kappa shape index (κ2) is 16.0. The number of nitrogens with zero attached hydrogens (tertiary/aromatic N) is 2. The number of amides is 2. The molecule has 0 radical (unpaired) electrons. The van der Waals surface area contributed by atoms with Gasteiger partial charge in [-0.3, -0.25) is 13.9 Å². The minimum Gasteiger partial charge on any atom is -0.486 e.